The molecule has 0 atom stereocenters. The van der Waals surface area contributed by atoms with Gasteiger partial charge in [-0.05, 0) is 56.3 Å². The second kappa shape index (κ2) is 5.69. The van der Waals surface area contributed by atoms with Crippen molar-refractivity contribution >= 4 is 18.7 Å². The van der Waals surface area contributed by atoms with Gasteiger partial charge in [0.25, 0.3) is 0 Å². The smallest absolute Gasteiger partial charge is 0.444 e. The Bertz CT molecular complexity index is 551. The molecule has 0 spiro atoms. The van der Waals surface area contributed by atoms with Crippen molar-refractivity contribution in [2.24, 2.45) is 0 Å². The number of nitrogens with zero attached hydrogens (tertiary/aromatic N) is 1. The fraction of sp³-hybridized carbons (Fsp3) is 0.533. The van der Waals surface area contributed by atoms with E-state index in [1.54, 1.807) is 17.0 Å². The Balaban J connectivity index is 2.21. The van der Waals surface area contributed by atoms with Crippen LogP contribution in [0.25, 0.3) is 0 Å². The molecule has 2 rings (SSSR count). The van der Waals surface area contributed by atoms with E-state index in [1.807, 2.05) is 27.7 Å². The van der Waals surface area contributed by atoms with Gasteiger partial charge < -0.3 is 19.7 Å². The number of benzene rings is 1. The molecular formula is C15H22BNO4. The van der Waals surface area contributed by atoms with Gasteiger partial charge in [-0.3, -0.25) is 0 Å². The molecule has 0 unspecified atom stereocenters. The van der Waals surface area contributed by atoms with Gasteiger partial charge in [0, 0.05) is 13.1 Å². The molecule has 6 heteroatoms. The van der Waals surface area contributed by atoms with E-state index in [2.05, 4.69) is 0 Å². The first-order valence-corrected chi connectivity index (χ1v) is 7.14. The maximum Gasteiger partial charge on any atom is 0.488 e. The topological polar surface area (TPSA) is 70.0 Å². The van der Waals surface area contributed by atoms with E-state index in [-0.39, 0.29) is 6.09 Å². The van der Waals surface area contributed by atoms with E-state index in [0.717, 1.165) is 17.5 Å². The van der Waals surface area contributed by atoms with Crippen LogP contribution < -0.4 is 5.46 Å². The van der Waals surface area contributed by atoms with Crippen LogP contribution in [0.3, 0.4) is 0 Å². The summed E-state index contributed by atoms with van der Waals surface area (Å²) >= 11 is 0. The van der Waals surface area contributed by atoms with Crippen molar-refractivity contribution in [2.75, 3.05) is 6.54 Å². The maximum atomic E-state index is 12.1. The van der Waals surface area contributed by atoms with Crippen LogP contribution >= 0.6 is 0 Å². The Labute approximate surface area is 125 Å². The molecule has 1 aromatic carbocycles. The number of aryl methyl sites for hydroxylation is 1. The average Bonchev–Trinajstić information content (AvgIpc) is 2.35. The number of carbonyl (C=O) groups is 1. The summed E-state index contributed by atoms with van der Waals surface area (Å²) in [5.41, 5.74) is 3.10. The minimum Gasteiger partial charge on any atom is -0.444 e. The third-order valence-corrected chi connectivity index (χ3v) is 3.53. The van der Waals surface area contributed by atoms with Crippen LogP contribution in [0.15, 0.2) is 12.1 Å². The van der Waals surface area contributed by atoms with Gasteiger partial charge in [0.05, 0.1) is 0 Å². The van der Waals surface area contributed by atoms with Crippen molar-refractivity contribution in [2.45, 2.75) is 46.3 Å². The summed E-state index contributed by atoms with van der Waals surface area (Å²) in [5, 5.41) is 18.7. The zero-order valence-electron chi connectivity index (χ0n) is 13.0. The summed E-state index contributed by atoms with van der Waals surface area (Å²) in [6.07, 6.45) is 0.420. The van der Waals surface area contributed by atoms with Gasteiger partial charge in [0.2, 0.25) is 0 Å². The van der Waals surface area contributed by atoms with E-state index >= 15 is 0 Å². The average molecular weight is 291 g/mol. The van der Waals surface area contributed by atoms with Crippen LogP contribution in [0.5, 0.6) is 0 Å². The number of carbonyl (C=O) groups excluding carboxylic acids is 1. The first kappa shape index (κ1) is 15.9. The van der Waals surface area contributed by atoms with Crippen LogP contribution in [0, 0.1) is 6.92 Å². The van der Waals surface area contributed by atoms with E-state index in [4.69, 9.17) is 4.74 Å². The minimum absolute atomic E-state index is 0.333. The zero-order valence-corrected chi connectivity index (χ0v) is 13.0. The van der Waals surface area contributed by atoms with E-state index in [1.165, 1.54) is 5.56 Å². The lowest BCUT2D eigenvalue weighted by molar-refractivity contribution is 0.0224. The van der Waals surface area contributed by atoms with E-state index in [0.29, 0.717) is 18.6 Å². The summed E-state index contributed by atoms with van der Waals surface area (Å²) in [6.45, 7) is 8.52. The fourth-order valence-electron chi connectivity index (χ4n) is 2.58. The molecule has 114 valence electrons. The molecule has 1 heterocycles. The molecule has 5 nitrogen and oxygen atoms in total. The van der Waals surface area contributed by atoms with Crippen molar-refractivity contribution in [3.63, 3.8) is 0 Å². The highest BCUT2D eigenvalue weighted by Crippen LogP contribution is 2.23. The molecule has 0 radical (unpaired) electrons. The molecular weight excluding hydrogens is 269 g/mol. The molecule has 1 amide bonds. The van der Waals surface area contributed by atoms with Crippen LogP contribution in [0.2, 0.25) is 0 Å². The number of fused-ring (bicyclic) bond motifs is 1. The quantitative estimate of drug-likeness (QED) is 0.756. The minimum atomic E-state index is -1.49. The van der Waals surface area contributed by atoms with Crippen molar-refractivity contribution in [1.82, 2.24) is 4.90 Å². The van der Waals surface area contributed by atoms with Crippen molar-refractivity contribution in [1.29, 1.82) is 0 Å². The monoisotopic (exact) mass is 291 g/mol. The zero-order chi connectivity index (χ0) is 15.8. The third-order valence-electron chi connectivity index (χ3n) is 3.53. The predicted molar refractivity (Wildman–Crippen MR) is 81.4 cm³/mol. The van der Waals surface area contributed by atoms with Crippen LogP contribution in [0.4, 0.5) is 4.79 Å². The fourth-order valence-corrected chi connectivity index (χ4v) is 2.58. The van der Waals surface area contributed by atoms with Crippen LogP contribution in [-0.2, 0) is 17.7 Å². The third kappa shape index (κ3) is 3.77. The number of hydrogen-bond donors (Lipinski definition) is 2. The second-order valence-corrected chi connectivity index (χ2v) is 6.50. The molecule has 0 aromatic heterocycles. The highest BCUT2D eigenvalue weighted by molar-refractivity contribution is 6.58. The number of rotatable bonds is 1. The lowest BCUT2D eigenvalue weighted by Crippen LogP contribution is -2.41. The number of ether oxygens (including phenoxy) is 1. The Morgan fingerprint density at radius 3 is 2.57 bits per heavy atom. The lowest BCUT2D eigenvalue weighted by Gasteiger charge is -2.32. The van der Waals surface area contributed by atoms with Crippen molar-refractivity contribution in [3.05, 3.63) is 28.8 Å². The molecule has 1 aliphatic rings. The van der Waals surface area contributed by atoms with Crippen molar-refractivity contribution < 1.29 is 19.6 Å². The summed E-state index contributed by atoms with van der Waals surface area (Å²) < 4.78 is 5.39. The standard InChI is InChI=1S/C15H22BNO4/c1-10-7-12(16(19)20)8-11-9-17(6-5-13(10)11)14(18)21-15(2,3)4/h7-8,19-20H,5-6,9H2,1-4H3. The van der Waals surface area contributed by atoms with E-state index < -0.39 is 12.7 Å². The Kier molecular flexibility index (Phi) is 4.30. The normalized spacial score (nSPS) is 14.7. The van der Waals surface area contributed by atoms with Gasteiger partial charge in [-0.2, -0.15) is 0 Å². The number of hydrogen-bond acceptors (Lipinski definition) is 4. The lowest BCUT2D eigenvalue weighted by atomic mass is 9.76. The first-order chi connectivity index (χ1) is 9.67. The molecule has 0 saturated heterocycles. The highest BCUT2D eigenvalue weighted by atomic mass is 16.6. The van der Waals surface area contributed by atoms with Gasteiger partial charge >= 0.3 is 13.2 Å². The number of amides is 1. The van der Waals surface area contributed by atoms with Gasteiger partial charge in [-0.15, -0.1) is 0 Å². The summed E-state index contributed by atoms with van der Waals surface area (Å²) in [6, 6.07) is 3.54. The molecule has 2 N–H and O–H groups in total. The van der Waals surface area contributed by atoms with E-state index in [9.17, 15) is 14.8 Å². The van der Waals surface area contributed by atoms with Crippen molar-refractivity contribution in [3.8, 4) is 0 Å². The Morgan fingerprint density at radius 2 is 2.00 bits per heavy atom. The molecule has 21 heavy (non-hydrogen) atoms. The largest absolute Gasteiger partial charge is 0.488 e. The molecule has 0 bridgehead atoms. The summed E-state index contributed by atoms with van der Waals surface area (Å²) in [5.74, 6) is 0. The van der Waals surface area contributed by atoms with Gasteiger partial charge in [0.1, 0.15) is 5.60 Å². The predicted octanol–water partition coefficient (Wildman–Crippen LogP) is 0.968. The van der Waals surface area contributed by atoms with Gasteiger partial charge in [-0.25, -0.2) is 4.79 Å². The SMILES string of the molecule is Cc1cc(B(O)O)cc2c1CCN(C(=O)OC(C)(C)C)C2. The Morgan fingerprint density at radius 1 is 1.33 bits per heavy atom. The molecule has 0 aliphatic carbocycles. The molecule has 1 aromatic rings. The van der Waals surface area contributed by atoms with Gasteiger partial charge in [0.15, 0.2) is 0 Å². The first-order valence-electron chi connectivity index (χ1n) is 7.14. The molecule has 0 fully saturated rings. The van der Waals surface area contributed by atoms with Crippen LogP contribution in [-0.4, -0.2) is 40.3 Å². The van der Waals surface area contributed by atoms with Gasteiger partial charge in [-0.1, -0.05) is 12.1 Å². The summed E-state index contributed by atoms with van der Waals surface area (Å²) in [4.78, 5) is 13.8. The molecule has 1 aliphatic heterocycles. The highest BCUT2D eigenvalue weighted by Gasteiger charge is 2.27. The Hall–Kier alpha value is -1.53. The second-order valence-electron chi connectivity index (χ2n) is 6.50. The molecule has 0 saturated carbocycles. The summed E-state index contributed by atoms with van der Waals surface area (Å²) in [7, 11) is -1.49. The van der Waals surface area contributed by atoms with Crippen LogP contribution in [0.1, 0.15) is 37.5 Å². The maximum absolute atomic E-state index is 12.1.